The first kappa shape index (κ1) is 19.3. The molecule has 2 aromatic heterocycles. The maximum atomic E-state index is 12.4. The van der Waals surface area contributed by atoms with Crippen LogP contribution in [-0.2, 0) is 10.0 Å². The molecule has 3 rings (SSSR count). The molecule has 0 saturated carbocycles. The third kappa shape index (κ3) is 4.85. The zero-order chi connectivity index (χ0) is 19.3. The van der Waals surface area contributed by atoms with Crippen molar-refractivity contribution in [1.82, 2.24) is 14.9 Å². The van der Waals surface area contributed by atoms with Crippen LogP contribution in [-0.4, -0.2) is 38.9 Å². The van der Waals surface area contributed by atoms with Gasteiger partial charge in [-0.3, -0.25) is 0 Å². The van der Waals surface area contributed by atoms with Crippen molar-refractivity contribution >= 4 is 26.0 Å². The minimum Gasteiger partial charge on any atom is -0.495 e. The van der Waals surface area contributed by atoms with E-state index in [0.29, 0.717) is 15.9 Å². The molecule has 0 aliphatic rings. The van der Waals surface area contributed by atoms with Gasteiger partial charge in [-0.2, -0.15) is 0 Å². The summed E-state index contributed by atoms with van der Waals surface area (Å²) in [6.45, 7) is 0.143. The van der Waals surface area contributed by atoms with Gasteiger partial charge in [-0.1, -0.05) is 15.9 Å². The van der Waals surface area contributed by atoms with E-state index >= 15 is 0 Å². The SMILES string of the molecule is COc1ccc(Br)cc1S(=O)(=O)NCCOc1ccc(-c2ccco2)nn1. The number of halogens is 1. The van der Waals surface area contributed by atoms with Gasteiger partial charge in [0.25, 0.3) is 0 Å². The van der Waals surface area contributed by atoms with E-state index in [1.165, 1.54) is 13.2 Å². The Bertz CT molecular complexity index is 992. The van der Waals surface area contributed by atoms with Crippen LogP contribution in [0, 0.1) is 0 Å². The smallest absolute Gasteiger partial charge is 0.244 e. The molecule has 0 spiro atoms. The van der Waals surface area contributed by atoms with Crippen LogP contribution >= 0.6 is 15.9 Å². The molecule has 3 aromatic rings. The van der Waals surface area contributed by atoms with Gasteiger partial charge in [-0.05, 0) is 36.4 Å². The second-order valence-electron chi connectivity index (χ2n) is 5.28. The molecule has 0 aliphatic carbocycles. The summed E-state index contributed by atoms with van der Waals surface area (Å²) in [5.74, 6) is 1.14. The molecule has 0 amide bonds. The number of methoxy groups -OCH3 is 1. The topological polar surface area (TPSA) is 104 Å². The summed E-state index contributed by atoms with van der Waals surface area (Å²) in [5.41, 5.74) is 0.579. The molecule has 8 nitrogen and oxygen atoms in total. The Balaban J connectivity index is 1.56. The minimum absolute atomic E-state index is 0.0435. The Kier molecular flexibility index (Phi) is 6.09. The third-order valence-electron chi connectivity index (χ3n) is 3.47. The van der Waals surface area contributed by atoms with Crippen LogP contribution in [0.1, 0.15) is 0 Å². The van der Waals surface area contributed by atoms with Crippen LogP contribution in [0.5, 0.6) is 11.6 Å². The van der Waals surface area contributed by atoms with Crippen molar-refractivity contribution in [2.75, 3.05) is 20.3 Å². The molecule has 1 N–H and O–H groups in total. The Hall–Kier alpha value is -2.43. The normalized spacial score (nSPS) is 11.3. The Labute approximate surface area is 164 Å². The summed E-state index contributed by atoms with van der Waals surface area (Å²) in [7, 11) is -2.34. The van der Waals surface area contributed by atoms with E-state index in [-0.39, 0.29) is 29.7 Å². The molecule has 2 heterocycles. The highest BCUT2D eigenvalue weighted by molar-refractivity contribution is 9.10. The fourth-order valence-electron chi connectivity index (χ4n) is 2.22. The lowest BCUT2D eigenvalue weighted by atomic mass is 10.3. The molecule has 0 unspecified atom stereocenters. The summed E-state index contributed by atoms with van der Waals surface area (Å²) >= 11 is 3.26. The average Bonchev–Trinajstić information content (AvgIpc) is 3.20. The van der Waals surface area contributed by atoms with E-state index in [1.54, 1.807) is 42.7 Å². The number of furan rings is 1. The molecule has 142 valence electrons. The summed E-state index contributed by atoms with van der Waals surface area (Å²) < 4.78 is 43.7. The molecular formula is C17H16BrN3O5S. The molecule has 0 bridgehead atoms. The van der Waals surface area contributed by atoms with Crippen LogP contribution in [0.3, 0.4) is 0 Å². The number of aromatic nitrogens is 2. The number of hydrogen-bond acceptors (Lipinski definition) is 7. The molecule has 27 heavy (non-hydrogen) atoms. The van der Waals surface area contributed by atoms with Gasteiger partial charge in [0.05, 0.1) is 13.4 Å². The van der Waals surface area contributed by atoms with Gasteiger partial charge in [-0.25, -0.2) is 13.1 Å². The standard InChI is InChI=1S/C17H16BrN3O5S/c1-24-15-6-4-12(18)11-16(15)27(22,23)19-8-10-26-17-7-5-13(20-21-17)14-3-2-9-25-14/h2-7,9,11,19H,8,10H2,1H3. The zero-order valence-electron chi connectivity index (χ0n) is 14.3. The Morgan fingerprint density at radius 2 is 2.04 bits per heavy atom. The monoisotopic (exact) mass is 453 g/mol. The van der Waals surface area contributed by atoms with E-state index in [1.807, 2.05) is 0 Å². The van der Waals surface area contributed by atoms with Crippen LogP contribution in [0.25, 0.3) is 11.5 Å². The number of hydrogen-bond donors (Lipinski definition) is 1. The summed E-state index contributed by atoms with van der Waals surface area (Å²) in [6.07, 6.45) is 1.55. The quantitative estimate of drug-likeness (QED) is 0.522. The maximum absolute atomic E-state index is 12.4. The Morgan fingerprint density at radius 3 is 2.70 bits per heavy atom. The van der Waals surface area contributed by atoms with Crippen molar-refractivity contribution in [3.05, 3.63) is 53.2 Å². The van der Waals surface area contributed by atoms with Crippen LogP contribution in [0.15, 0.2) is 62.5 Å². The fraction of sp³-hybridized carbons (Fsp3) is 0.176. The summed E-state index contributed by atoms with van der Waals surface area (Å²) in [4.78, 5) is 0.0435. The zero-order valence-corrected chi connectivity index (χ0v) is 16.7. The first-order valence-corrected chi connectivity index (χ1v) is 10.1. The molecule has 0 atom stereocenters. The van der Waals surface area contributed by atoms with Gasteiger partial charge in [0, 0.05) is 17.1 Å². The van der Waals surface area contributed by atoms with Gasteiger partial charge >= 0.3 is 0 Å². The lowest BCUT2D eigenvalue weighted by molar-refractivity contribution is 0.307. The first-order chi connectivity index (χ1) is 13.0. The van der Waals surface area contributed by atoms with Crippen molar-refractivity contribution in [1.29, 1.82) is 0 Å². The fourth-order valence-corrected chi connectivity index (χ4v) is 3.94. The van der Waals surface area contributed by atoms with E-state index in [9.17, 15) is 8.42 Å². The molecule has 0 saturated heterocycles. The number of sulfonamides is 1. The molecule has 10 heteroatoms. The van der Waals surface area contributed by atoms with E-state index in [0.717, 1.165) is 0 Å². The predicted molar refractivity (Wildman–Crippen MR) is 101 cm³/mol. The summed E-state index contributed by atoms with van der Waals surface area (Å²) in [6, 6.07) is 11.6. The highest BCUT2D eigenvalue weighted by Crippen LogP contribution is 2.27. The lowest BCUT2D eigenvalue weighted by Crippen LogP contribution is -2.28. The van der Waals surface area contributed by atoms with E-state index in [2.05, 4.69) is 30.8 Å². The summed E-state index contributed by atoms with van der Waals surface area (Å²) in [5, 5.41) is 7.93. The highest BCUT2D eigenvalue weighted by Gasteiger charge is 2.19. The largest absolute Gasteiger partial charge is 0.495 e. The Morgan fingerprint density at radius 1 is 1.19 bits per heavy atom. The average molecular weight is 454 g/mol. The second kappa shape index (κ2) is 8.51. The van der Waals surface area contributed by atoms with Crippen molar-refractivity contribution in [2.45, 2.75) is 4.90 Å². The van der Waals surface area contributed by atoms with Crippen molar-refractivity contribution < 1.29 is 22.3 Å². The second-order valence-corrected chi connectivity index (χ2v) is 7.93. The highest BCUT2D eigenvalue weighted by atomic mass is 79.9. The number of rotatable bonds is 8. The van der Waals surface area contributed by atoms with E-state index < -0.39 is 10.0 Å². The lowest BCUT2D eigenvalue weighted by Gasteiger charge is -2.11. The van der Waals surface area contributed by atoms with Crippen LogP contribution in [0.4, 0.5) is 0 Å². The molecule has 0 radical (unpaired) electrons. The first-order valence-electron chi connectivity index (χ1n) is 7.83. The van der Waals surface area contributed by atoms with Crippen molar-refractivity contribution in [2.24, 2.45) is 0 Å². The van der Waals surface area contributed by atoms with Crippen molar-refractivity contribution in [3.63, 3.8) is 0 Å². The number of ether oxygens (including phenoxy) is 2. The van der Waals surface area contributed by atoms with Gasteiger partial charge in [0.1, 0.15) is 22.9 Å². The molecule has 1 aromatic carbocycles. The molecule has 0 aliphatic heterocycles. The van der Waals surface area contributed by atoms with Gasteiger partial charge in [0.15, 0.2) is 5.76 Å². The van der Waals surface area contributed by atoms with Gasteiger partial charge in [0.2, 0.25) is 15.9 Å². The van der Waals surface area contributed by atoms with E-state index in [4.69, 9.17) is 13.9 Å². The molecule has 0 fully saturated rings. The number of benzene rings is 1. The minimum atomic E-state index is -3.75. The number of nitrogens with zero attached hydrogens (tertiary/aromatic N) is 2. The predicted octanol–water partition coefficient (Wildman–Crippen LogP) is 2.87. The number of nitrogens with one attached hydrogen (secondary N) is 1. The van der Waals surface area contributed by atoms with Crippen molar-refractivity contribution in [3.8, 4) is 23.1 Å². The van der Waals surface area contributed by atoms with Gasteiger partial charge < -0.3 is 13.9 Å². The van der Waals surface area contributed by atoms with Gasteiger partial charge in [-0.15, -0.1) is 10.2 Å². The van der Waals surface area contributed by atoms with Crippen LogP contribution in [0.2, 0.25) is 0 Å². The maximum Gasteiger partial charge on any atom is 0.244 e. The third-order valence-corrected chi connectivity index (χ3v) is 5.45. The molecular weight excluding hydrogens is 438 g/mol. The van der Waals surface area contributed by atoms with Crippen LogP contribution < -0.4 is 14.2 Å².